The van der Waals surface area contributed by atoms with Gasteiger partial charge < -0.3 is 14.9 Å². The topological polar surface area (TPSA) is 49.7 Å². The molecule has 6 atom stereocenters. The predicted molar refractivity (Wildman–Crippen MR) is 121 cm³/mol. The highest BCUT2D eigenvalue weighted by atomic mass is 16.5. The van der Waals surface area contributed by atoms with E-state index >= 15 is 0 Å². The first-order valence-corrected chi connectivity index (χ1v) is 11.8. The molecule has 3 heteroatoms. The second kappa shape index (κ2) is 7.46. The highest BCUT2D eigenvalue weighted by Gasteiger charge is 2.66. The molecular formula is C27H40O3. The zero-order valence-electron chi connectivity index (χ0n) is 19.4. The lowest BCUT2D eigenvalue weighted by Gasteiger charge is -2.57. The van der Waals surface area contributed by atoms with Gasteiger partial charge in [-0.2, -0.15) is 0 Å². The maximum atomic E-state index is 12.1. The van der Waals surface area contributed by atoms with E-state index in [9.17, 15) is 10.2 Å². The van der Waals surface area contributed by atoms with E-state index in [1.165, 1.54) is 5.56 Å². The first-order valence-electron chi connectivity index (χ1n) is 11.8. The van der Waals surface area contributed by atoms with Crippen molar-refractivity contribution < 1.29 is 14.9 Å². The van der Waals surface area contributed by atoms with E-state index in [4.69, 9.17) is 4.74 Å². The zero-order chi connectivity index (χ0) is 21.8. The van der Waals surface area contributed by atoms with Crippen LogP contribution in [0.15, 0.2) is 42.0 Å². The van der Waals surface area contributed by atoms with Crippen LogP contribution < -0.4 is 0 Å². The predicted octanol–water partition coefficient (Wildman–Crippen LogP) is 5.65. The van der Waals surface area contributed by atoms with Gasteiger partial charge in [0.05, 0.1) is 23.4 Å². The summed E-state index contributed by atoms with van der Waals surface area (Å²) in [7, 11) is 0. The maximum Gasteiger partial charge on any atom is 0.0913 e. The van der Waals surface area contributed by atoms with Crippen molar-refractivity contribution in [2.24, 2.45) is 23.2 Å². The molecule has 1 aromatic rings. The Morgan fingerprint density at radius 3 is 2.37 bits per heavy atom. The van der Waals surface area contributed by atoms with Gasteiger partial charge in [0.1, 0.15) is 0 Å². The Hall–Kier alpha value is -1.16. The number of benzene rings is 1. The largest absolute Gasteiger partial charge is 0.390 e. The van der Waals surface area contributed by atoms with Crippen LogP contribution in [-0.4, -0.2) is 27.0 Å². The summed E-state index contributed by atoms with van der Waals surface area (Å²) < 4.78 is 6.82. The van der Waals surface area contributed by atoms with Crippen LogP contribution in [0, 0.1) is 23.2 Å². The summed E-state index contributed by atoms with van der Waals surface area (Å²) in [6, 6.07) is 10.4. The van der Waals surface area contributed by atoms with E-state index in [2.05, 4.69) is 58.0 Å². The van der Waals surface area contributed by atoms with Gasteiger partial charge in [-0.3, -0.25) is 0 Å². The molecule has 166 valence electrons. The average Bonchev–Trinajstić information content (AvgIpc) is 2.95. The summed E-state index contributed by atoms with van der Waals surface area (Å²) >= 11 is 0. The first-order chi connectivity index (χ1) is 14.0. The van der Waals surface area contributed by atoms with Crippen LogP contribution in [0.3, 0.4) is 0 Å². The van der Waals surface area contributed by atoms with Crippen LogP contribution in [0.1, 0.15) is 78.7 Å². The molecule has 2 N–H and O–H groups in total. The molecule has 30 heavy (non-hydrogen) atoms. The highest BCUT2D eigenvalue weighted by molar-refractivity contribution is 5.27. The monoisotopic (exact) mass is 412 g/mol. The summed E-state index contributed by atoms with van der Waals surface area (Å²) in [4.78, 5) is 0. The molecule has 2 fully saturated rings. The minimum absolute atomic E-state index is 0.0759. The summed E-state index contributed by atoms with van der Waals surface area (Å²) in [6.07, 6.45) is 7.36. The van der Waals surface area contributed by atoms with Crippen LogP contribution >= 0.6 is 0 Å². The molecule has 0 bridgehead atoms. The van der Waals surface area contributed by atoms with Gasteiger partial charge in [-0.1, -0.05) is 57.2 Å². The third kappa shape index (κ3) is 3.38. The van der Waals surface area contributed by atoms with Gasteiger partial charge in [0, 0.05) is 5.92 Å². The first kappa shape index (κ1) is 22.0. The number of hydrogen-bond acceptors (Lipinski definition) is 3. The Bertz CT molecular complexity index is 798. The van der Waals surface area contributed by atoms with Crippen molar-refractivity contribution in [3.05, 3.63) is 47.5 Å². The normalized spacial score (nSPS) is 43.7. The lowest BCUT2D eigenvalue weighted by Crippen LogP contribution is -2.60. The van der Waals surface area contributed by atoms with E-state index in [0.29, 0.717) is 18.9 Å². The maximum absolute atomic E-state index is 12.1. The summed E-state index contributed by atoms with van der Waals surface area (Å²) in [6.45, 7) is 11.5. The molecule has 1 aromatic carbocycles. The van der Waals surface area contributed by atoms with Gasteiger partial charge in [-0.05, 0) is 80.8 Å². The quantitative estimate of drug-likeness (QED) is 0.629. The number of allylic oxidation sites excluding steroid dienone is 1. The minimum atomic E-state index is -0.954. The van der Waals surface area contributed by atoms with Gasteiger partial charge in [0.15, 0.2) is 0 Å². The van der Waals surface area contributed by atoms with Crippen molar-refractivity contribution in [2.75, 3.05) is 0 Å². The van der Waals surface area contributed by atoms with Crippen LogP contribution in [0.5, 0.6) is 0 Å². The third-order valence-corrected chi connectivity index (χ3v) is 9.14. The minimum Gasteiger partial charge on any atom is -0.390 e. The highest BCUT2D eigenvalue weighted by Crippen LogP contribution is 2.66. The molecule has 0 spiro atoms. The lowest BCUT2D eigenvalue weighted by molar-refractivity contribution is -0.198. The molecule has 4 rings (SSSR count). The fourth-order valence-electron chi connectivity index (χ4n) is 7.10. The van der Waals surface area contributed by atoms with Crippen molar-refractivity contribution in [3.8, 4) is 0 Å². The Balaban J connectivity index is 1.70. The fourth-order valence-corrected chi connectivity index (χ4v) is 7.10. The van der Waals surface area contributed by atoms with E-state index in [0.717, 1.165) is 37.7 Å². The van der Waals surface area contributed by atoms with Crippen molar-refractivity contribution in [1.29, 1.82) is 0 Å². The molecule has 0 aromatic heterocycles. The summed E-state index contributed by atoms with van der Waals surface area (Å²) in [5.41, 5.74) is 0.276. The molecule has 2 saturated carbocycles. The number of rotatable bonds is 4. The average molecular weight is 413 g/mol. The van der Waals surface area contributed by atoms with Crippen LogP contribution in [0.4, 0.5) is 0 Å². The number of fused-ring (bicyclic) bond motifs is 2. The van der Waals surface area contributed by atoms with Crippen molar-refractivity contribution in [2.45, 2.75) is 96.6 Å². The second-order valence-corrected chi connectivity index (χ2v) is 11.3. The smallest absolute Gasteiger partial charge is 0.0913 e. The van der Waals surface area contributed by atoms with Crippen molar-refractivity contribution in [1.82, 2.24) is 0 Å². The SMILES string of the molecule is CC1=CCCC(C)(O)[C@H]2C[C@@]3(C)CC[C@@](OCc4ccccc4)(C(C)C)[C@@H]3C[C@]12O. The van der Waals surface area contributed by atoms with Crippen LogP contribution in [0.25, 0.3) is 0 Å². The number of hydrogen-bond donors (Lipinski definition) is 2. The van der Waals surface area contributed by atoms with Gasteiger partial charge in [-0.25, -0.2) is 0 Å². The molecule has 3 aliphatic carbocycles. The zero-order valence-corrected chi connectivity index (χ0v) is 19.4. The molecule has 1 unspecified atom stereocenters. The Morgan fingerprint density at radius 2 is 1.70 bits per heavy atom. The number of aliphatic hydroxyl groups is 2. The van der Waals surface area contributed by atoms with Crippen molar-refractivity contribution in [3.63, 3.8) is 0 Å². The molecule has 3 nitrogen and oxygen atoms in total. The van der Waals surface area contributed by atoms with Crippen LogP contribution in [-0.2, 0) is 11.3 Å². The van der Waals surface area contributed by atoms with Crippen LogP contribution in [0.2, 0.25) is 0 Å². The Labute approximate surface area is 182 Å². The van der Waals surface area contributed by atoms with E-state index in [1.807, 2.05) is 13.0 Å². The van der Waals surface area contributed by atoms with Gasteiger partial charge in [0.2, 0.25) is 0 Å². The van der Waals surface area contributed by atoms with Gasteiger partial charge in [-0.15, -0.1) is 0 Å². The molecular weight excluding hydrogens is 372 g/mol. The molecule has 0 amide bonds. The Morgan fingerprint density at radius 1 is 1.00 bits per heavy atom. The van der Waals surface area contributed by atoms with Crippen molar-refractivity contribution >= 4 is 0 Å². The molecule has 0 saturated heterocycles. The molecule has 0 aliphatic heterocycles. The van der Waals surface area contributed by atoms with E-state index in [1.54, 1.807) is 0 Å². The lowest BCUT2D eigenvalue weighted by atomic mass is 9.52. The van der Waals surface area contributed by atoms with Gasteiger partial charge in [0.25, 0.3) is 0 Å². The molecule has 3 aliphatic rings. The fraction of sp³-hybridized carbons (Fsp3) is 0.704. The summed E-state index contributed by atoms with van der Waals surface area (Å²) in [5, 5.41) is 23.4. The summed E-state index contributed by atoms with van der Waals surface area (Å²) in [5.74, 6) is 0.512. The third-order valence-electron chi connectivity index (χ3n) is 9.14. The Kier molecular flexibility index (Phi) is 5.48. The second-order valence-electron chi connectivity index (χ2n) is 11.3. The molecule has 0 radical (unpaired) electrons. The van der Waals surface area contributed by atoms with E-state index < -0.39 is 11.2 Å². The molecule has 0 heterocycles. The van der Waals surface area contributed by atoms with Gasteiger partial charge >= 0.3 is 0 Å². The standard InChI is InChI=1S/C27H40O3/c1-19(2)27(30-18-21-11-7-6-8-12-21)15-14-24(4)16-23-25(5,28)13-9-10-20(3)26(23,29)17-22(24)27/h6-8,10-12,19,22-23,28-29H,9,13-18H2,1-5H3/t22-,23-,24-,25?,26+,27-/m1/s1. The van der Waals surface area contributed by atoms with E-state index in [-0.39, 0.29) is 22.9 Å². The number of ether oxygens (including phenoxy) is 1.